The molecule has 8 N–H and O–H groups in total. The zero-order chi connectivity index (χ0) is 64.2. The largest absolute Gasteiger partial charge is 0.391 e. The maximum atomic E-state index is 10.3. The molecule has 28 unspecified atom stereocenters. The fraction of sp³-hybridized carbons (Fsp3) is 1.00. The van der Waals surface area contributed by atoms with Crippen molar-refractivity contribution in [1.82, 2.24) is 0 Å². The van der Waals surface area contributed by atoms with Gasteiger partial charge in [0, 0.05) is 56.9 Å². The SMILES string of the molecule is CC(O)COCC1OC(OC2C(COCC(C)O)OC(OCC(C)O)C(OCC(C)O)C2OCC(C)O)C(OCC(C)O)C(OCC(C)O)C1OCC(C)O.COCC1OC(OC2C(COC)OC(OC)C(OC)C2OC)C(OC)C(OC)C1OC. The lowest BCUT2D eigenvalue weighted by atomic mass is 9.95. The van der Waals surface area contributed by atoms with Gasteiger partial charge in [0.25, 0.3) is 0 Å². The minimum absolute atomic E-state index is 0.0553. The molecule has 86 heavy (non-hydrogen) atoms. The van der Waals surface area contributed by atoms with Crippen LogP contribution in [0.5, 0.6) is 0 Å². The van der Waals surface area contributed by atoms with Crippen LogP contribution >= 0.6 is 0 Å². The summed E-state index contributed by atoms with van der Waals surface area (Å²) < 4.78 is 131. The van der Waals surface area contributed by atoms with Crippen LogP contribution in [-0.2, 0) is 104 Å². The highest BCUT2D eigenvalue weighted by Gasteiger charge is 2.56. The van der Waals surface area contributed by atoms with Crippen LogP contribution in [0.4, 0.5) is 0 Å². The Morgan fingerprint density at radius 2 is 0.535 bits per heavy atom. The molecule has 0 bridgehead atoms. The average molecular weight is 1260 g/mol. The van der Waals surface area contributed by atoms with E-state index < -0.39 is 172 Å². The van der Waals surface area contributed by atoms with Gasteiger partial charge in [-0.3, -0.25) is 0 Å². The molecule has 4 heterocycles. The lowest BCUT2D eigenvalue weighted by Gasteiger charge is -2.50. The van der Waals surface area contributed by atoms with Crippen LogP contribution in [0.3, 0.4) is 0 Å². The third kappa shape index (κ3) is 25.7. The number of hydrogen-bond acceptors (Lipinski definition) is 30. The minimum Gasteiger partial charge on any atom is -0.391 e. The zero-order valence-electron chi connectivity index (χ0n) is 53.2. The first kappa shape index (κ1) is 79.0. The van der Waals surface area contributed by atoms with Gasteiger partial charge in [-0.15, -0.1) is 0 Å². The van der Waals surface area contributed by atoms with E-state index in [4.69, 9.17) is 104 Å². The van der Waals surface area contributed by atoms with Crippen LogP contribution < -0.4 is 0 Å². The summed E-state index contributed by atoms with van der Waals surface area (Å²) in [4.78, 5) is 0. The molecular formula is C56H108O30. The Hall–Kier alpha value is -1.20. The quantitative estimate of drug-likeness (QED) is 0.0319. The standard InChI is InChI=1S/C36H70O19.C20H38O11/c1-19(37)9-45-17-27-29(47-11-21(3)39)31(48-12-22(4)40)34(51-15-25(7)43)36(54-27)55-30-28(18-46-10-20(2)38)53-35(52-16-26(8)44)33(50-14-24(6)42)32(30)49-13-23(5)41;1-21-9-11-13(23-3)15(24-4)18(27-7)20(30-11)31-14-12(10-22-2)29-19(28-8)17(26-6)16(14)25-5/h19-44H,9-18H2,1-8H3;11-20H,9-10H2,1-8H3. The molecule has 0 aromatic carbocycles. The molecule has 0 saturated carbocycles. The van der Waals surface area contributed by atoms with Gasteiger partial charge in [0.1, 0.15) is 97.7 Å². The molecule has 4 fully saturated rings. The summed E-state index contributed by atoms with van der Waals surface area (Å²) >= 11 is 0. The first-order valence-corrected chi connectivity index (χ1v) is 29.3. The van der Waals surface area contributed by atoms with Crippen molar-refractivity contribution in [2.75, 3.05) is 136 Å². The number of aliphatic hydroxyl groups is 8. The van der Waals surface area contributed by atoms with E-state index in [1.165, 1.54) is 41.5 Å². The zero-order valence-corrected chi connectivity index (χ0v) is 53.2. The lowest BCUT2D eigenvalue weighted by Crippen LogP contribution is -2.67. The highest BCUT2D eigenvalue weighted by atomic mass is 16.8. The first-order valence-electron chi connectivity index (χ1n) is 29.3. The van der Waals surface area contributed by atoms with Crippen molar-refractivity contribution < 1.29 is 145 Å². The molecule has 512 valence electrons. The Labute approximate surface area is 507 Å². The summed E-state index contributed by atoms with van der Waals surface area (Å²) in [6.07, 6.45) is -24.0. The van der Waals surface area contributed by atoms with E-state index in [1.807, 2.05) is 0 Å². The van der Waals surface area contributed by atoms with E-state index in [0.29, 0.717) is 0 Å². The Morgan fingerprint density at radius 3 is 0.930 bits per heavy atom. The first-order chi connectivity index (χ1) is 40.9. The maximum absolute atomic E-state index is 10.3. The molecule has 4 rings (SSSR count). The van der Waals surface area contributed by atoms with Crippen molar-refractivity contribution in [3.05, 3.63) is 0 Å². The van der Waals surface area contributed by atoms with Crippen molar-refractivity contribution >= 4 is 0 Å². The molecule has 4 aliphatic heterocycles. The molecule has 30 heteroatoms. The van der Waals surface area contributed by atoms with Gasteiger partial charge in [0.2, 0.25) is 0 Å². The molecule has 4 aliphatic rings. The highest BCUT2D eigenvalue weighted by Crippen LogP contribution is 2.37. The Morgan fingerprint density at radius 1 is 0.256 bits per heavy atom. The lowest BCUT2D eigenvalue weighted by molar-refractivity contribution is -0.377. The van der Waals surface area contributed by atoms with Crippen molar-refractivity contribution in [1.29, 1.82) is 0 Å². The number of ether oxygens (including phenoxy) is 22. The van der Waals surface area contributed by atoms with Crippen LogP contribution in [0.25, 0.3) is 0 Å². The smallest absolute Gasteiger partial charge is 0.187 e. The second kappa shape index (κ2) is 42.1. The third-order valence-corrected chi connectivity index (χ3v) is 13.6. The van der Waals surface area contributed by atoms with Gasteiger partial charge in [-0.25, -0.2) is 0 Å². The van der Waals surface area contributed by atoms with Crippen molar-refractivity contribution in [3.63, 3.8) is 0 Å². The van der Waals surface area contributed by atoms with Crippen LogP contribution in [0.2, 0.25) is 0 Å². The van der Waals surface area contributed by atoms with E-state index in [0.717, 1.165) is 0 Å². The van der Waals surface area contributed by atoms with Crippen molar-refractivity contribution in [2.45, 2.75) is 227 Å². The van der Waals surface area contributed by atoms with Crippen LogP contribution in [0.1, 0.15) is 55.4 Å². The average Bonchev–Trinajstić information content (AvgIpc) is 0.970. The fourth-order valence-corrected chi connectivity index (χ4v) is 10.0. The van der Waals surface area contributed by atoms with E-state index >= 15 is 0 Å². The van der Waals surface area contributed by atoms with Gasteiger partial charge in [0.05, 0.1) is 128 Å². The van der Waals surface area contributed by atoms with Gasteiger partial charge in [-0.2, -0.15) is 0 Å². The van der Waals surface area contributed by atoms with Crippen molar-refractivity contribution in [2.24, 2.45) is 0 Å². The number of methoxy groups -OCH3 is 8. The summed E-state index contributed by atoms with van der Waals surface area (Å²) in [5.41, 5.74) is 0. The molecule has 4 saturated heterocycles. The number of aliphatic hydroxyl groups excluding tert-OH is 8. The van der Waals surface area contributed by atoms with Gasteiger partial charge >= 0.3 is 0 Å². The normalized spacial score (nSPS) is 36.3. The Bertz CT molecular complexity index is 1690. The predicted molar refractivity (Wildman–Crippen MR) is 299 cm³/mol. The molecule has 28 atom stereocenters. The molecule has 30 nitrogen and oxygen atoms in total. The van der Waals surface area contributed by atoms with Crippen LogP contribution in [-0.4, -0.2) is 349 Å². The van der Waals surface area contributed by atoms with Gasteiger partial charge in [0.15, 0.2) is 25.2 Å². The molecule has 0 amide bonds. The topological polar surface area (TPSA) is 365 Å². The van der Waals surface area contributed by atoms with E-state index in [1.54, 1.807) is 70.7 Å². The van der Waals surface area contributed by atoms with Crippen LogP contribution in [0.15, 0.2) is 0 Å². The summed E-state index contributed by atoms with van der Waals surface area (Å²) in [6, 6.07) is 0. The maximum Gasteiger partial charge on any atom is 0.187 e. The van der Waals surface area contributed by atoms with Crippen LogP contribution in [0, 0.1) is 0 Å². The van der Waals surface area contributed by atoms with Crippen molar-refractivity contribution in [3.8, 4) is 0 Å². The Kier molecular flexibility index (Phi) is 38.7. The van der Waals surface area contributed by atoms with Gasteiger partial charge in [-0.05, 0) is 55.4 Å². The van der Waals surface area contributed by atoms with E-state index in [-0.39, 0.29) is 79.3 Å². The Balaban J connectivity index is 0.000000525. The predicted octanol–water partition coefficient (Wildman–Crippen LogP) is -2.32. The molecule has 0 radical (unpaired) electrons. The van der Waals surface area contributed by atoms with E-state index in [2.05, 4.69) is 0 Å². The highest BCUT2D eigenvalue weighted by molar-refractivity contribution is 4.99. The fourth-order valence-electron chi connectivity index (χ4n) is 10.0. The summed E-state index contributed by atoms with van der Waals surface area (Å²) in [5, 5.41) is 81.2. The molecule has 0 spiro atoms. The second-order valence-corrected chi connectivity index (χ2v) is 22.2. The van der Waals surface area contributed by atoms with Gasteiger partial charge in [-0.1, -0.05) is 0 Å². The second-order valence-electron chi connectivity index (χ2n) is 22.2. The summed E-state index contributed by atoms with van der Waals surface area (Å²) in [6.45, 7) is 11.2. The number of rotatable bonds is 40. The minimum atomic E-state index is -1.39. The van der Waals surface area contributed by atoms with Gasteiger partial charge < -0.3 is 145 Å². The third-order valence-electron chi connectivity index (χ3n) is 13.6. The molecule has 0 aromatic rings. The molecular weight excluding hydrogens is 1150 g/mol. The summed E-state index contributed by atoms with van der Waals surface area (Å²) in [5.74, 6) is 0. The number of hydrogen-bond donors (Lipinski definition) is 8. The van der Waals surface area contributed by atoms with E-state index in [9.17, 15) is 40.9 Å². The summed E-state index contributed by atoms with van der Waals surface area (Å²) in [7, 11) is 12.6. The molecule has 0 aromatic heterocycles. The monoisotopic (exact) mass is 1260 g/mol. The molecule has 0 aliphatic carbocycles.